The van der Waals surface area contributed by atoms with E-state index in [-0.39, 0.29) is 17.9 Å². The molecule has 42 heavy (non-hydrogen) atoms. The van der Waals surface area contributed by atoms with Crippen molar-refractivity contribution in [1.29, 1.82) is 0 Å². The number of halogens is 2. The summed E-state index contributed by atoms with van der Waals surface area (Å²) in [6.45, 7) is 18.4. The summed E-state index contributed by atoms with van der Waals surface area (Å²) in [5, 5.41) is 9.69. The number of hydrogen-bond donors (Lipinski definition) is 3. The minimum atomic E-state index is -0.670. The van der Waals surface area contributed by atoms with Gasteiger partial charge in [0.15, 0.2) is 0 Å². The van der Waals surface area contributed by atoms with Gasteiger partial charge in [-0.05, 0) is 80.9 Å². The van der Waals surface area contributed by atoms with Crippen molar-refractivity contribution in [3.63, 3.8) is 0 Å². The number of carbonyl (C=O) groups excluding carboxylic acids is 1. The zero-order chi connectivity index (χ0) is 30.7. The highest BCUT2D eigenvalue weighted by atomic mass is 19.1. The molecule has 1 amide bonds. The fraction of sp³-hybridized carbons (Fsp3) is 0.471. The van der Waals surface area contributed by atoms with E-state index < -0.39 is 22.7 Å². The molecule has 8 heteroatoms. The van der Waals surface area contributed by atoms with Gasteiger partial charge < -0.3 is 16.0 Å². The number of likely N-dealkylation sites (tertiary alicyclic amines) is 1. The second-order valence-corrected chi connectivity index (χ2v) is 13.2. The molecule has 2 fully saturated rings. The standard InChI is InChI=1S/C34H45F2N5O/c1-23(18-29(37-7)27-12-11-25(35)19-28(27)36)24(2)39-34(21-41(22-34)26-13-15-32(3,4)16-14-26)20-31(42)40-33(5,6)30-10-8-9-17-38-30/h8-12,17-19,26,37,39H,1-2,13-16,20-22H2,3-7H3,(H,40,42)/b29-18-. The Bertz CT molecular complexity index is 1330. The zero-order valence-corrected chi connectivity index (χ0v) is 25.6. The molecule has 6 nitrogen and oxygen atoms in total. The number of rotatable bonds is 11. The lowest BCUT2D eigenvalue weighted by Gasteiger charge is -2.55. The number of allylic oxidation sites excluding steroid dienone is 1. The first-order valence-electron chi connectivity index (χ1n) is 14.7. The maximum Gasteiger partial charge on any atom is 0.223 e. The number of hydrogen-bond acceptors (Lipinski definition) is 5. The summed E-state index contributed by atoms with van der Waals surface area (Å²) in [7, 11) is 1.67. The van der Waals surface area contributed by atoms with Gasteiger partial charge in [0.2, 0.25) is 5.91 Å². The molecule has 1 aliphatic carbocycles. The predicted molar refractivity (Wildman–Crippen MR) is 165 cm³/mol. The second-order valence-electron chi connectivity index (χ2n) is 13.2. The van der Waals surface area contributed by atoms with E-state index in [9.17, 15) is 13.6 Å². The average Bonchev–Trinajstić information content (AvgIpc) is 2.90. The molecule has 0 bridgehead atoms. The molecule has 1 aromatic carbocycles. The smallest absolute Gasteiger partial charge is 0.223 e. The van der Waals surface area contributed by atoms with Gasteiger partial charge in [-0.25, -0.2) is 8.78 Å². The first-order valence-corrected chi connectivity index (χ1v) is 14.7. The first kappa shape index (κ1) is 31.4. The van der Waals surface area contributed by atoms with Gasteiger partial charge >= 0.3 is 0 Å². The summed E-state index contributed by atoms with van der Waals surface area (Å²) in [5.41, 5.74) is 1.75. The van der Waals surface area contributed by atoms with Crippen molar-refractivity contribution in [2.24, 2.45) is 5.41 Å². The highest BCUT2D eigenvalue weighted by Crippen LogP contribution is 2.40. The number of benzene rings is 1. The molecule has 2 heterocycles. The van der Waals surface area contributed by atoms with Crippen LogP contribution < -0.4 is 16.0 Å². The Morgan fingerprint density at radius 1 is 1.14 bits per heavy atom. The molecule has 1 saturated carbocycles. The highest BCUT2D eigenvalue weighted by molar-refractivity contribution is 5.78. The Hall–Kier alpha value is -3.52. The fourth-order valence-electron chi connectivity index (χ4n) is 6.12. The Balaban J connectivity index is 1.50. The SMILES string of the molecule is C=C(/C=C(\NC)c1ccc(F)cc1F)C(=C)NC1(CC(=O)NC(C)(C)c2ccccn2)CN(C2CCC(C)(C)CC2)C1. The van der Waals surface area contributed by atoms with E-state index in [4.69, 9.17) is 0 Å². The molecule has 2 aromatic rings. The van der Waals surface area contributed by atoms with Crippen molar-refractivity contribution in [2.45, 2.75) is 76.9 Å². The normalized spacial score (nSPS) is 19.0. The molecule has 226 valence electrons. The summed E-state index contributed by atoms with van der Waals surface area (Å²) in [6.07, 6.45) is 8.33. The van der Waals surface area contributed by atoms with Gasteiger partial charge in [-0.2, -0.15) is 0 Å². The lowest BCUT2D eigenvalue weighted by molar-refractivity contribution is -0.127. The third-order valence-electron chi connectivity index (χ3n) is 8.71. The van der Waals surface area contributed by atoms with Crippen molar-refractivity contribution >= 4 is 11.6 Å². The summed E-state index contributed by atoms with van der Waals surface area (Å²) in [6, 6.07) is 9.63. The van der Waals surface area contributed by atoms with Crippen molar-refractivity contribution < 1.29 is 13.6 Å². The maximum absolute atomic E-state index is 14.5. The number of carbonyl (C=O) groups is 1. The molecule has 3 N–H and O–H groups in total. The molecule has 0 atom stereocenters. The number of pyridine rings is 1. The van der Waals surface area contributed by atoms with Gasteiger partial charge in [-0.1, -0.05) is 33.1 Å². The van der Waals surface area contributed by atoms with Crippen LogP contribution in [0.5, 0.6) is 0 Å². The van der Waals surface area contributed by atoms with Gasteiger partial charge in [0.1, 0.15) is 11.6 Å². The molecule has 4 rings (SSSR count). The van der Waals surface area contributed by atoms with Crippen LogP contribution in [0.25, 0.3) is 5.70 Å². The van der Waals surface area contributed by atoms with Crippen LogP contribution in [0.2, 0.25) is 0 Å². The van der Waals surface area contributed by atoms with E-state index in [1.807, 2.05) is 32.0 Å². The predicted octanol–water partition coefficient (Wildman–Crippen LogP) is 6.04. The van der Waals surface area contributed by atoms with Crippen LogP contribution in [0.4, 0.5) is 8.78 Å². The molecule has 1 saturated heterocycles. The lowest BCUT2D eigenvalue weighted by atomic mass is 9.73. The summed E-state index contributed by atoms with van der Waals surface area (Å²) >= 11 is 0. The van der Waals surface area contributed by atoms with E-state index in [0.29, 0.717) is 41.5 Å². The molecule has 0 radical (unpaired) electrons. The van der Waals surface area contributed by atoms with Crippen LogP contribution >= 0.6 is 0 Å². The van der Waals surface area contributed by atoms with Gasteiger partial charge in [-0.15, -0.1) is 0 Å². The number of amides is 1. The minimum absolute atomic E-state index is 0.0826. The quantitative estimate of drug-likeness (QED) is 0.284. The van der Waals surface area contributed by atoms with Crippen LogP contribution in [0, 0.1) is 17.0 Å². The van der Waals surface area contributed by atoms with Crippen molar-refractivity contribution in [3.8, 4) is 0 Å². The zero-order valence-electron chi connectivity index (χ0n) is 25.6. The topological polar surface area (TPSA) is 69.3 Å². The molecule has 0 unspecified atom stereocenters. The monoisotopic (exact) mass is 577 g/mol. The second kappa shape index (κ2) is 12.4. The van der Waals surface area contributed by atoms with Crippen LogP contribution in [0.3, 0.4) is 0 Å². The third kappa shape index (κ3) is 7.46. The molecular formula is C34H45F2N5O. The summed E-state index contributed by atoms with van der Waals surface area (Å²) < 4.78 is 28.0. The van der Waals surface area contributed by atoms with Crippen molar-refractivity contribution in [3.05, 3.63) is 96.0 Å². The van der Waals surface area contributed by atoms with Crippen molar-refractivity contribution in [2.75, 3.05) is 20.1 Å². The number of nitrogens with one attached hydrogen (secondary N) is 3. The molecule has 0 spiro atoms. The van der Waals surface area contributed by atoms with Gasteiger partial charge in [0.05, 0.1) is 23.2 Å². The highest BCUT2D eigenvalue weighted by Gasteiger charge is 2.48. The van der Waals surface area contributed by atoms with Crippen LogP contribution in [0.15, 0.2) is 73.1 Å². The van der Waals surface area contributed by atoms with E-state index in [1.165, 1.54) is 25.0 Å². The number of aromatic nitrogens is 1. The number of nitrogens with zero attached hydrogens (tertiary/aromatic N) is 2. The Morgan fingerprint density at radius 2 is 1.83 bits per heavy atom. The Kier molecular flexibility index (Phi) is 9.26. The largest absolute Gasteiger partial charge is 0.388 e. The van der Waals surface area contributed by atoms with Crippen LogP contribution in [0.1, 0.15) is 71.1 Å². The minimum Gasteiger partial charge on any atom is -0.388 e. The lowest BCUT2D eigenvalue weighted by Crippen LogP contribution is -2.72. The van der Waals surface area contributed by atoms with E-state index >= 15 is 0 Å². The summed E-state index contributed by atoms with van der Waals surface area (Å²) in [5.74, 6) is -1.39. The first-order chi connectivity index (χ1) is 19.7. The Labute approximate surface area is 249 Å². The maximum atomic E-state index is 14.5. The van der Waals surface area contributed by atoms with Crippen LogP contribution in [-0.2, 0) is 10.3 Å². The van der Waals surface area contributed by atoms with Gasteiger partial charge in [0.25, 0.3) is 0 Å². The third-order valence-corrected chi connectivity index (χ3v) is 8.71. The average molecular weight is 578 g/mol. The molecular weight excluding hydrogens is 532 g/mol. The molecule has 1 aromatic heterocycles. The molecule has 1 aliphatic heterocycles. The van der Waals surface area contributed by atoms with Gasteiger partial charge in [-0.3, -0.25) is 14.7 Å². The Morgan fingerprint density at radius 3 is 2.43 bits per heavy atom. The van der Waals surface area contributed by atoms with Crippen molar-refractivity contribution in [1.82, 2.24) is 25.8 Å². The van der Waals surface area contributed by atoms with E-state index in [1.54, 1.807) is 19.3 Å². The summed E-state index contributed by atoms with van der Waals surface area (Å²) in [4.78, 5) is 20.4. The molecule has 2 aliphatic rings. The van der Waals surface area contributed by atoms with Gasteiger partial charge in [0, 0.05) is 55.4 Å². The fourth-order valence-corrected chi connectivity index (χ4v) is 6.12. The van der Waals surface area contributed by atoms with E-state index in [2.05, 4.69) is 52.8 Å². The van der Waals surface area contributed by atoms with Crippen LogP contribution in [-0.4, -0.2) is 47.5 Å². The van der Waals surface area contributed by atoms with E-state index in [0.717, 1.165) is 24.6 Å².